The predicted molar refractivity (Wildman–Crippen MR) is 61.5 cm³/mol. The molecule has 0 aliphatic carbocycles. The van der Waals surface area contributed by atoms with Crippen LogP contribution in [-0.2, 0) is 6.42 Å². The van der Waals surface area contributed by atoms with Gasteiger partial charge in [0.25, 0.3) is 0 Å². The molecule has 0 bridgehead atoms. The first-order chi connectivity index (χ1) is 7.54. The number of hydrogen-bond donors (Lipinski definition) is 2. The van der Waals surface area contributed by atoms with Crippen molar-refractivity contribution in [2.24, 2.45) is 11.3 Å². The number of aliphatic hydroxyl groups is 2. The van der Waals surface area contributed by atoms with Crippen molar-refractivity contribution in [1.29, 1.82) is 0 Å². The molecule has 0 saturated heterocycles. The zero-order valence-electron chi connectivity index (χ0n) is 9.78. The number of aliphatic hydroxyl groups excluding tert-OH is 2. The van der Waals surface area contributed by atoms with E-state index in [4.69, 9.17) is 0 Å². The van der Waals surface area contributed by atoms with Crippen LogP contribution in [0.15, 0.2) is 24.3 Å². The minimum atomic E-state index is -0.576. The van der Waals surface area contributed by atoms with Crippen LogP contribution in [0.4, 0.5) is 4.39 Å². The fourth-order valence-electron chi connectivity index (χ4n) is 1.78. The minimum absolute atomic E-state index is 0.0995. The lowest BCUT2D eigenvalue weighted by Crippen LogP contribution is -2.37. The highest BCUT2D eigenvalue weighted by Gasteiger charge is 2.32. The summed E-state index contributed by atoms with van der Waals surface area (Å²) in [5.41, 5.74) is 0.227. The standard InChI is InChI=1S/C13H19FO2/c1-10(2)13(8-15,9-16)7-11-4-3-5-12(14)6-11/h3-6,10,15-16H,7-9H2,1-2H3. The van der Waals surface area contributed by atoms with E-state index in [0.717, 1.165) is 5.56 Å². The highest BCUT2D eigenvalue weighted by Crippen LogP contribution is 2.31. The van der Waals surface area contributed by atoms with E-state index < -0.39 is 5.41 Å². The van der Waals surface area contributed by atoms with E-state index in [9.17, 15) is 14.6 Å². The molecule has 0 saturated carbocycles. The van der Waals surface area contributed by atoms with Gasteiger partial charge in [0.15, 0.2) is 0 Å². The summed E-state index contributed by atoms with van der Waals surface area (Å²) in [6.45, 7) is 3.70. The Morgan fingerprint density at radius 3 is 2.31 bits per heavy atom. The van der Waals surface area contributed by atoms with Gasteiger partial charge in [0.1, 0.15) is 5.82 Å². The third-order valence-corrected chi connectivity index (χ3v) is 3.30. The van der Waals surface area contributed by atoms with Gasteiger partial charge in [-0.15, -0.1) is 0 Å². The van der Waals surface area contributed by atoms with Crippen molar-refractivity contribution in [3.63, 3.8) is 0 Å². The van der Waals surface area contributed by atoms with Gasteiger partial charge in [-0.3, -0.25) is 0 Å². The summed E-state index contributed by atoms with van der Waals surface area (Å²) in [6.07, 6.45) is 0.482. The summed E-state index contributed by atoms with van der Waals surface area (Å²) in [5.74, 6) is -0.156. The van der Waals surface area contributed by atoms with Crippen molar-refractivity contribution in [2.75, 3.05) is 13.2 Å². The molecule has 0 atom stereocenters. The third kappa shape index (κ3) is 2.80. The van der Waals surface area contributed by atoms with Gasteiger partial charge < -0.3 is 10.2 Å². The molecular formula is C13H19FO2. The molecule has 0 spiro atoms. The number of halogens is 1. The number of rotatable bonds is 5. The molecule has 1 aromatic carbocycles. The van der Waals surface area contributed by atoms with Crippen LogP contribution >= 0.6 is 0 Å². The van der Waals surface area contributed by atoms with E-state index in [2.05, 4.69) is 0 Å². The second-order valence-electron chi connectivity index (χ2n) is 4.64. The van der Waals surface area contributed by atoms with Crippen LogP contribution in [0.1, 0.15) is 19.4 Å². The molecule has 3 heteroatoms. The Morgan fingerprint density at radius 2 is 1.88 bits per heavy atom. The average molecular weight is 226 g/mol. The molecule has 1 rings (SSSR count). The van der Waals surface area contributed by atoms with Crippen LogP contribution in [0.3, 0.4) is 0 Å². The summed E-state index contributed by atoms with van der Waals surface area (Å²) < 4.78 is 13.0. The Kier molecular flexibility index (Phi) is 4.44. The van der Waals surface area contributed by atoms with E-state index in [1.165, 1.54) is 12.1 Å². The van der Waals surface area contributed by atoms with Gasteiger partial charge in [0.05, 0.1) is 13.2 Å². The highest BCUT2D eigenvalue weighted by atomic mass is 19.1. The van der Waals surface area contributed by atoms with Gasteiger partial charge in [-0.2, -0.15) is 0 Å². The molecule has 90 valence electrons. The van der Waals surface area contributed by atoms with Gasteiger partial charge >= 0.3 is 0 Å². The fraction of sp³-hybridized carbons (Fsp3) is 0.538. The quantitative estimate of drug-likeness (QED) is 0.806. The Balaban J connectivity index is 2.91. The molecular weight excluding hydrogens is 207 g/mol. The lowest BCUT2D eigenvalue weighted by molar-refractivity contribution is 0.0163. The second kappa shape index (κ2) is 5.41. The van der Waals surface area contributed by atoms with Crippen LogP contribution in [0.25, 0.3) is 0 Å². The first-order valence-electron chi connectivity index (χ1n) is 5.50. The minimum Gasteiger partial charge on any atom is -0.396 e. The van der Waals surface area contributed by atoms with Crippen LogP contribution in [0.2, 0.25) is 0 Å². The molecule has 0 amide bonds. The molecule has 0 radical (unpaired) electrons. The zero-order chi connectivity index (χ0) is 12.2. The maximum absolute atomic E-state index is 13.0. The Bertz CT molecular complexity index is 332. The topological polar surface area (TPSA) is 40.5 Å². The van der Waals surface area contributed by atoms with Crippen molar-refractivity contribution in [3.05, 3.63) is 35.6 Å². The van der Waals surface area contributed by atoms with Gasteiger partial charge in [0.2, 0.25) is 0 Å². The van der Waals surface area contributed by atoms with Crippen molar-refractivity contribution < 1.29 is 14.6 Å². The van der Waals surface area contributed by atoms with Gasteiger partial charge in [-0.1, -0.05) is 26.0 Å². The predicted octanol–water partition coefficient (Wildman–Crippen LogP) is 2.00. The molecule has 0 aliphatic heterocycles. The number of hydrogen-bond acceptors (Lipinski definition) is 2. The monoisotopic (exact) mass is 226 g/mol. The molecule has 2 N–H and O–H groups in total. The summed E-state index contributed by atoms with van der Waals surface area (Å²) in [4.78, 5) is 0. The second-order valence-corrected chi connectivity index (χ2v) is 4.64. The summed E-state index contributed by atoms with van der Waals surface area (Å²) in [7, 11) is 0. The Morgan fingerprint density at radius 1 is 1.25 bits per heavy atom. The SMILES string of the molecule is CC(C)C(CO)(CO)Cc1cccc(F)c1. The van der Waals surface area contributed by atoms with Crippen LogP contribution in [0.5, 0.6) is 0 Å². The van der Waals surface area contributed by atoms with E-state index in [-0.39, 0.29) is 24.9 Å². The molecule has 0 aromatic heterocycles. The molecule has 0 fully saturated rings. The third-order valence-electron chi connectivity index (χ3n) is 3.30. The molecule has 16 heavy (non-hydrogen) atoms. The Hall–Kier alpha value is -0.930. The maximum Gasteiger partial charge on any atom is 0.123 e. The largest absolute Gasteiger partial charge is 0.396 e. The number of benzene rings is 1. The van der Waals surface area contributed by atoms with E-state index >= 15 is 0 Å². The molecule has 0 unspecified atom stereocenters. The van der Waals surface area contributed by atoms with E-state index in [1.807, 2.05) is 19.9 Å². The molecule has 2 nitrogen and oxygen atoms in total. The average Bonchev–Trinajstić information content (AvgIpc) is 2.25. The van der Waals surface area contributed by atoms with Gasteiger partial charge in [0, 0.05) is 5.41 Å². The zero-order valence-corrected chi connectivity index (χ0v) is 9.78. The maximum atomic E-state index is 13.0. The van der Waals surface area contributed by atoms with Crippen molar-refractivity contribution >= 4 is 0 Å². The summed E-state index contributed by atoms with van der Waals surface area (Å²) >= 11 is 0. The first-order valence-corrected chi connectivity index (χ1v) is 5.50. The van der Waals surface area contributed by atoms with E-state index in [0.29, 0.717) is 6.42 Å². The highest BCUT2D eigenvalue weighted by molar-refractivity contribution is 5.18. The van der Waals surface area contributed by atoms with Crippen LogP contribution < -0.4 is 0 Å². The van der Waals surface area contributed by atoms with Crippen LogP contribution in [0, 0.1) is 17.2 Å². The first kappa shape index (κ1) is 13.1. The van der Waals surface area contributed by atoms with Crippen molar-refractivity contribution in [1.82, 2.24) is 0 Å². The molecule has 1 aromatic rings. The van der Waals surface area contributed by atoms with Crippen LogP contribution in [-0.4, -0.2) is 23.4 Å². The smallest absolute Gasteiger partial charge is 0.123 e. The Labute approximate surface area is 95.7 Å². The van der Waals surface area contributed by atoms with Gasteiger partial charge in [-0.05, 0) is 30.0 Å². The molecule has 0 aliphatic rings. The van der Waals surface area contributed by atoms with Crippen molar-refractivity contribution in [2.45, 2.75) is 20.3 Å². The summed E-state index contributed by atoms with van der Waals surface area (Å²) in [5, 5.41) is 18.8. The van der Waals surface area contributed by atoms with E-state index in [1.54, 1.807) is 6.07 Å². The summed E-state index contributed by atoms with van der Waals surface area (Å²) in [6, 6.07) is 6.29. The lowest BCUT2D eigenvalue weighted by Gasteiger charge is -2.34. The molecule has 0 heterocycles. The normalized spacial score (nSPS) is 12.1. The van der Waals surface area contributed by atoms with Gasteiger partial charge in [-0.25, -0.2) is 4.39 Å². The lowest BCUT2D eigenvalue weighted by atomic mass is 9.74. The fourth-order valence-corrected chi connectivity index (χ4v) is 1.78. The van der Waals surface area contributed by atoms with Crippen molar-refractivity contribution in [3.8, 4) is 0 Å².